The fraction of sp³-hybridized carbons (Fsp3) is 0.545. The summed E-state index contributed by atoms with van der Waals surface area (Å²) in [6.07, 6.45) is 4.09. The van der Waals surface area contributed by atoms with Crippen LogP contribution in [0.3, 0.4) is 0 Å². The second-order valence-electron chi connectivity index (χ2n) is 7.49. The number of pyridine rings is 1. The maximum Gasteiger partial charge on any atom is 0.253 e. The number of H-pyrrole nitrogens is 1. The standard InChI is InChI=1S/C22H31N3O3S/c1-3-16-7-8-20-17(12-16)13-18(21(26)24-20)14-25(15-19-6-4-11-28-19)22(29)23-9-5-10-27-2/h7-8,12-13,19H,3-6,9-11,14-15H2,1-2H3,(H,23,29)(H,24,26). The van der Waals surface area contributed by atoms with Crippen LogP contribution in [-0.2, 0) is 22.4 Å². The van der Waals surface area contributed by atoms with Crippen LogP contribution in [0.25, 0.3) is 10.9 Å². The third-order valence-electron chi connectivity index (χ3n) is 5.29. The summed E-state index contributed by atoms with van der Waals surface area (Å²) >= 11 is 5.64. The molecule has 1 aromatic carbocycles. The summed E-state index contributed by atoms with van der Waals surface area (Å²) in [5.74, 6) is 0. The van der Waals surface area contributed by atoms with Gasteiger partial charge in [-0.1, -0.05) is 13.0 Å². The van der Waals surface area contributed by atoms with Gasteiger partial charge in [0.1, 0.15) is 0 Å². The Labute approximate surface area is 177 Å². The average Bonchev–Trinajstić information content (AvgIpc) is 3.24. The Bertz CT molecular complexity index is 877. The molecular weight excluding hydrogens is 386 g/mol. The second kappa shape index (κ2) is 10.7. The number of aryl methyl sites for hydroxylation is 1. The van der Waals surface area contributed by atoms with Crippen LogP contribution in [0.2, 0.25) is 0 Å². The number of aromatic amines is 1. The molecule has 1 fully saturated rings. The highest BCUT2D eigenvalue weighted by Crippen LogP contribution is 2.17. The summed E-state index contributed by atoms with van der Waals surface area (Å²) in [6.45, 7) is 5.49. The van der Waals surface area contributed by atoms with Gasteiger partial charge in [-0.2, -0.15) is 0 Å². The van der Waals surface area contributed by atoms with Crippen LogP contribution in [0.1, 0.15) is 37.3 Å². The van der Waals surface area contributed by atoms with E-state index in [0.29, 0.717) is 30.4 Å². The summed E-state index contributed by atoms with van der Waals surface area (Å²) in [5.41, 5.74) is 2.76. The SMILES string of the molecule is CCc1ccc2[nH]c(=O)c(CN(CC3CCCO3)C(=S)NCCCOC)cc2c1. The van der Waals surface area contributed by atoms with Crippen LogP contribution in [0.15, 0.2) is 29.1 Å². The van der Waals surface area contributed by atoms with Crippen molar-refractivity contribution >= 4 is 28.2 Å². The predicted octanol–water partition coefficient (Wildman–Crippen LogP) is 2.98. The first-order valence-electron chi connectivity index (χ1n) is 10.4. The summed E-state index contributed by atoms with van der Waals surface area (Å²) < 4.78 is 10.9. The number of rotatable bonds is 9. The fourth-order valence-corrected chi connectivity index (χ4v) is 3.86. The molecule has 0 saturated carbocycles. The highest BCUT2D eigenvalue weighted by molar-refractivity contribution is 7.80. The zero-order chi connectivity index (χ0) is 20.6. The number of aromatic nitrogens is 1. The smallest absolute Gasteiger partial charge is 0.253 e. The van der Waals surface area contributed by atoms with Crippen LogP contribution < -0.4 is 10.9 Å². The lowest BCUT2D eigenvalue weighted by atomic mass is 10.1. The van der Waals surface area contributed by atoms with E-state index in [4.69, 9.17) is 21.7 Å². The maximum atomic E-state index is 12.7. The highest BCUT2D eigenvalue weighted by atomic mass is 32.1. The van der Waals surface area contributed by atoms with Crippen molar-refractivity contribution in [1.29, 1.82) is 0 Å². The fourth-order valence-electron chi connectivity index (χ4n) is 3.62. The zero-order valence-corrected chi connectivity index (χ0v) is 18.1. The zero-order valence-electron chi connectivity index (χ0n) is 17.3. The number of nitrogens with one attached hydrogen (secondary N) is 2. The van der Waals surface area contributed by atoms with E-state index in [2.05, 4.69) is 34.3 Å². The van der Waals surface area contributed by atoms with E-state index in [1.165, 1.54) is 5.56 Å². The van der Waals surface area contributed by atoms with Crippen LogP contribution in [-0.4, -0.2) is 54.5 Å². The molecule has 2 heterocycles. The summed E-state index contributed by atoms with van der Waals surface area (Å²) in [7, 11) is 1.69. The van der Waals surface area contributed by atoms with E-state index < -0.39 is 0 Å². The Morgan fingerprint density at radius 3 is 3.00 bits per heavy atom. The van der Waals surface area contributed by atoms with E-state index in [1.807, 2.05) is 12.1 Å². The molecule has 3 rings (SSSR count). The first kappa shape index (κ1) is 21.7. The summed E-state index contributed by atoms with van der Waals surface area (Å²) in [4.78, 5) is 17.8. The first-order valence-corrected chi connectivity index (χ1v) is 10.8. The molecule has 1 saturated heterocycles. The minimum absolute atomic E-state index is 0.0683. The molecule has 2 N–H and O–H groups in total. The lowest BCUT2D eigenvalue weighted by Gasteiger charge is -2.28. The Morgan fingerprint density at radius 1 is 1.41 bits per heavy atom. The predicted molar refractivity (Wildman–Crippen MR) is 120 cm³/mol. The van der Waals surface area contributed by atoms with Crippen LogP contribution in [0, 0.1) is 0 Å². The molecule has 1 atom stereocenters. The molecule has 29 heavy (non-hydrogen) atoms. The number of methoxy groups -OCH3 is 1. The van der Waals surface area contributed by atoms with Crippen molar-refractivity contribution < 1.29 is 9.47 Å². The molecule has 2 aromatic rings. The van der Waals surface area contributed by atoms with Gasteiger partial charge in [-0.15, -0.1) is 0 Å². The van der Waals surface area contributed by atoms with Crippen LogP contribution in [0.4, 0.5) is 0 Å². The van der Waals surface area contributed by atoms with Gasteiger partial charge in [-0.25, -0.2) is 0 Å². The van der Waals surface area contributed by atoms with Gasteiger partial charge in [0.15, 0.2) is 5.11 Å². The molecule has 1 aliphatic heterocycles. The topological polar surface area (TPSA) is 66.6 Å². The van der Waals surface area contributed by atoms with Gasteiger partial charge in [0.05, 0.1) is 12.6 Å². The summed E-state index contributed by atoms with van der Waals surface area (Å²) in [5, 5.41) is 5.00. The van der Waals surface area contributed by atoms with Gasteiger partial charge in [0, 0.05) is 44.5 Å². The molecule has 158 valence electrons. The van der Waals surface area contributed by atoms with Crippen molar-refractivity contribution in [3.05, 3.63) is 45.7 Å². The molecule has 1 aliphatic rings. The van der Waals surface area contributed by atoms with Crippen molar-refractivity contribution in [2.45, 2.75) is 45.3 Å². The van der Waals surface area contributed by atoms with Crippen LogP contribution >= 0.6 is 12.2 Å². The van der Waals surface area contributed by atoms with E-state index in [0.717, 1.165) is 49.7 Å². The Hall–Kier alpha value is -1.96. The van der Waals surface area contributed by atoms with Gasteiger partial charge in [0.2, 0.25) is 0 Å². The van der Waals surface area contributed by atoms with Crippen molar-refractivity contribution in [2.75, 3.05) is 33.4 Å². The number of nitrogens with zero attached hydrogens (tertiary/aromatic N) is 1. The van der Waals surface area contributed by atoms with E-state index >= 15 is 0 Å². The number of benzene rings is 1. The maximum absolute atomic E-state index is 12.7. The van der Waals surface area contributed by atoms with Gasteiger partial charge in [-0.3, -0.25) is 4.79 Å². The summed E-state index contributed by atoms with van der Waals surface area (Å²) in [6, 6.07) is 8.16. The lowest BCUT2D eigenvalue weighted by molar-refractivity contribution is 0.0896. The Balaban J connectivity index is 1.78. The number of fused-ring (bicyclic) bond motifs is 1. The van der Waals surface area contributed by atoms with Crippen molar-refractivity contribution in [3.8, 4) is 0 Å². The van der Waals surface area contributed by atoms with E-state index in [1.54, 1.807) is 7.11 Å². The lowest BCUT2D eigenvalue weighted by Crippen LogP contribution is -2.44. The number of hydrogen-bond acceptors (Lipinski definition) is 4. The molecule has 1 unspecified atom stereocenters. The van der Waals surface area contributed by atoms with Crippen molar-refractivity contribution in [2.24, 2.45) is 0 Å². The van der Waals surface area contributed by atoms with Crippen LogP contribution in [0.5, 0.6) is 0 Å². The van der Waals surface area contributed by atoms with Crippen molar-refractivity contribution in [3.63, 3.8) is 0 Å². The van der Waals surface area contributed by atoms with Crippen molar-refractivity contribution in [1.82, 2.24) is 15.2 Å². The third-order valence-corrected chi connectivity index (χ3v) is 5.69. The number of hydrogen-bond donors (Lipinski definition) is 2. The molecule has 0 bridgehead atoms. The molecule has 7 heteroatoms. The molecule has 0 spiro atoms. The number of ether oxygens (including phenoxy) is 2. The second-order valence-corrected chi connectivity index (χ2v) is 7.88. The largest absolute Gasteiger partial charge is 0.385 e. The monoisotopic (exact) mass is 417 g/mol. The quantitative estimate of drug-likeness (QED) is 0.483. The van der Waals surface area contributed by atoms with Gasteiger partial charge >= 0.3 is 0 Å². The Kier molecular flexibility index (Phi) is 8.03. The van der Waals surface area contributed by atoms with Gasteiger partial charge < -0.3 is 24.7 Å². The van der Waals surface area contributed by atoms with E-state index in [-0.39, 0.29) is 11.7 Å². The molecule has 6 nitrogen and oxygen atoms in total. The van der Waals surface area contributed by atoms with Gasteiger partial charge in [0.25, 0.3) is 5.56 Å². The Morgan fingerprint density at radius 2 is 2.28 bits per heavy atom. The van der Waals surface area contributed by atoms with E-state index in [9.17, 15) is 4.79 Å². The molecule has 0 aliphatic carbocycles. The van der Waals surface area contributed by atoms with Gasteiger partial charge in [-0.05, 0) is 67.0 Å². The minimum Gasteiger partial charge on any atom is -0.385 e. The molecular formula is C22H31N3O3S. The molecule has 0 amide bonds. The normalized spacial score (nSPS) is 16.3. The molecule has 0 radical (unpaired) electrons. The molecule has 1 aromatic heterocycles. The number of thiocarbonyl (C=S) groups is 1. The third kappa shape index (κ3) is 6.01. The highest BCUT2D eigenvalue weighted by Gasteiger charge is 2.22. The minimum atomic E-state index is -0.0683. The first-order chi connectivity index (χ1) is 14.1. The average molecular weight is 418 g/mol.